The molecule has 2 unspecified atom stereocenters. The van der Waals surface area contributed by atoms with E-state index in [1.54, 1.807) is 0 Å². The zero-order chi connectivity index (χ0) is 32.5. The molecular formula is C29H24O15. The number of carbonyl (C=O) groups excluding carboxylic acids is 1. The van der Waals surface area contributed by atoms with Gasteiger partial charge in [0.2, 0.25) is 0 Å². The Labute approximate surface area is 246 Å². The third-order valence-corrected chi connectivity index (χ3v) is 6.38. The average Bonchev–Trinajstić information content (AvgIpc) is 2.95. The molecule has 0 saturated heterocycles. The van der Waals surface area contributed by atoms with Crippen molar-refractivity contribution in [2.24, 2.45) is 0 Å². The second kappa shape index (κ2) is 11.8. The van der Waals surface area contributed by atoms with Gasteiger partial charge in [-0.3, -0.25) is 0 Å². The lowest BCUT2D eigenvalue weighted by atomic mass is 9.93. The molecule has 0 spiro atoms. The Kier molecular flexibility index (Phi) is 8.23. The number of carboxylic acids is 1. The molecule has 2 atom stereocenters. The molecule has 0 bridgehead atoms. The first kappa shape index (κ1) is 30.6. The Hall–Kier alpha value is -6.38. The highest BCUT2D eigenvalue weighted by atomic mass is 16.6. The van der Waals surface area contributed by atoms with Crippen LogP contribution in [0.1, 0.15) is 37.9 Å². The van der Waals surface area contributed by atoms with Gasteiger partial charge < -0.3 is 65.6 Å². The third kappa shape index (κ3) is 6.25. The predicted molar refractivity (Wildman–Crippen MR) is 146 cm³/mol. The molecule has 230 valence electrons. The third-order valence-electron chi connectivity index (χ3n) is 6.38. The minimum Gasteiger partial charge on any atom is -0.508 e. The molecule has 4 aromatic carbocycles. The average molecular weight is 612 g/mol. The minimum absolute atomic E-state index is 0.0461. The van der Waals surface area contributed by atoms with Crippen LogP contribution in [0, 0.1) is 0 Å². The van der Waals surface area contributed by atoms with E-state index in [9.17, 15) is 45.3 Å². The largest absolute Gasteiger partial charge is 0.508 e. The summed E-state index contributed by atoms with van der Waals surface area (Å²) in [5, 5.41) is 103. The smallest absolute Gasteiger partial charge is 0.338 e. The second-order valence-electron chi connectivity index (χ2n) is 9.41. The molecule has 44 heavy (non-hydrogen) atoms. The van der Waals surface area contributed by atoms with Gasteiger partial charge >= 0.3 is 11.9 Å². The Morgan fingerprint density at radius 1 is 0.636 bits per heavy atom. The van der Waals surface area contributed by atoms with Gasteiger partial charge in [-0.1, -0.05) is 6.07 Å². The van der Waals surface area contributed by atoms with E-state index in [0.29, 0.717) is 5.56 Å². The van der Waals surface area contributed by atoms with Crippen molar-refractivity contribution < 1.29 is 75.2 Å². The van der Waals surface area contributed by atoms with Crippen molar-refractivity contribution in [1.29, 1.82) is 0 Å². The summed E-state index contributed by atoms with van der Waals surface area (Å²) in [4.78, 5) is 23.0. The first-order valence-electron chi connectivity index (χ1n) is 12.3. The van der Waals surface area contributed by atoms with E-state index >= 15 is 0 Å². The predicted octanol–water partition coefficient (Wildman–Crippen LogP) is 3.03. The molecule has 4 aromatic rings. The minimum atomic E-state index is -1.29. The molecule has 15 heteroatoms. The second-order valence-corrected chi connectivity index (χ2v) is 9.41. The van der Waals surface area contributed by atoms with E-state index in [-0.39, 0.29) is 46.1 Å². The van der Waals surface area contributed by atoms with E-state index in [1.807, 2.05) is 0 Å². The standard InChI is InChI=1S/C22H18O10.C7H6O5/c23-11-6-14(25)12-8-19(32-22(30)10-4-16(27)20(29)17(28)5-10)21(31-18(12)7-11)9-1-2-13(24)15(26)3-9;8-4-1-3(7(11)12)2-5(9)6(4)10/h1-7,19,21,23-29H,8H2;1-2,8-10H,(H,11,12). The molecule has 0 aromatic heterocycles. The van der Waals surface area contributed by atoms with Gasteiger partial charge in [-0.2, -0.15) is 0 Å². The summed E-state index contributed by atoms with van der Waals surface area (Å²) in [6, 6.07) is 9.75. The molecule has 1 aliphatic rings. The molecule has 11 N–H and O–H groups in total. The van der Waals surface area contributed by atoms with Crippen molar-refractivity contribution in [3.05, 3.63) is 76.9 Å². The van der Waals surface area contributed by atoms with Crippen molar-refractivity contribution >= 4 is 11.9 Å². The maximum absolute atomic E-state index is 12.7. The molecule has 0 fully saturated rings. The summed E-state index contributed by atoms with van der Waals surface area (Å²) in [5.41, 5.74) is 0.0351. The van der Waals surface area contributed by atoms with Gasteiger partial charge in [0.05, 0.1) is 11.1 Å². The maximum atomic E-state index is 12.7. The van der Waals surface area contributed by atoms with Crippen molar-refractivity contribution in [3.63, 3.8) is 0 Å². The number of aromatic carboxylic acids is 1. The van der Waals surface area contributed by atoms with Crippen LogP contribution >= 0.6 is 0 Å². The van der Waals surface area contributed by atoms with E-state index in [4.69, 9.17) is 29.9 Å². The van der Waals surface area contributed by atoms with Crippen molar-refractivity contribution in [3.8, 4) is 63.2 Å². The summed E-state index contributed by atoms with van der Waals surface area (Å²) >= 11 is 0. The van der Waals surface area contributed by atoms with Gasteiger partial charge in [0, 0.05) is 29.7 Å². The summed E-state index contributed by atoms with van der Waals surface area (Å²) in [5.74, 6) is -7.76. The zero-order valence-corrected chi connectivity index (χ0v) is 22.1. The molecule has 0 radical (unpaired) electrons. The monoisotopic (exact) mass is 612 g/mol. The number of carbonyl (C=O) groups is 2. The fraction of sp³-hybridized carbons (Fsp3) is 0.103. The van der Waals surface area contributed by atoms with Crippen LogP contribution in [0.3, 0.4) is 0 Å². The number of hydrogen-bond donors (Lipinski definition) is 11. The summed E-state index contributed by atoms with van der Waals surface area (Å²) in [6.07, 6.45) is -2.12. The lowest BCUT2D eigenvalue weighted by Crippen LogP contribution is -2.34. The summed E-state index contributed by atoms with van der Waals surface area (Å²) < 4.78 is 11.4. The van der Waals surface area contributed by atoms with Crippen LogP contribution in [0.15, 0.2) is 54.6 Å². The topological polar surface area (TPSA) is 275 Å². The van der Waals surface area contributed by atoms with Crippen molar-refractivity contribution in [1.82, 2.24) is 0 Å². The van der Waals surface area contributed by atoms with Crippen LogP contribution in [0.2, 0.25) is 0 Å². The van der Waals surface area contributed by atoms with Crippen LogP contribution < -0.4 is 4.74 Å². The Bertz CT molecular complexity index is 1720. The van der Waals surface area contributed by atoms with Crippen LogP contribution in [0.4, 0.5) is 0 Å². The number of esters is 1. The summed E-state index contributed by atoms with van der Waals surface area (Å²) in [7, 11) is 0. The Balaban J connectivity index is 0.000000309. The molecule has 0 saturated carbocycles. The quantitative estimate of drug-likeness (QED) is 0.117. The molecule has 0 aliphatic carbocycles. The van der Waals surface area contributed by atoms with Crippen LogP contribution in [-0.2, 0) is 11.2 Å². The maximum Gasteiger partial charge on any atom is 0.338 e. The fourth-order valence-electron chi connectivity index (χ4n) is 4.21. The van der Waals surface area contributed by atoms with Gasteiger partial charge in [-0.05, 0) is 36.4 Å². The molecular weight excluding hydrogens is 588 g/mol. The number of aromatic hydroxyl groups is 10. The SMILES string of the molecule is O=C(O)c1cc(O)c(O)c(O)c1.O=C(OC1Cc2c(O)cc(O)cc2OC1c1ccc(O)c(O)c1)c1cc(O)c(O)c(O)c1. The van der Waals surface area contributed by atoms with E-state index in [1.165, 1.54) is 24.3 Å². The van der Waals surface area contributed by atoms with Crippen LogP contribution in [0.5, 0.6) is 63.2 Å². The highest BCUT2D eigenvalue weighted by molar-refractivity contribution is 5.91. The highest BCUT2D eigenvalue weighted by Gasteiger charge is 2.37. The van der Waals surface area contributed by atoms with Gasteiger partial charge in [0.1, 0.15) is 23.4 Å². The molecule has 1 aliphatic heterocycles. The number of phenols is 10. The number of fused-ring (bicyclic) bond motifs is 1. The zero-order valence-electron chi connectivity index (χ0n) is 22.1. The number of benzene rings is 4. The normalized spacial score (nSPS) is 15.2. The summed E-state index contributed by atoms with van der Waals surface area (Å²) in [6.45, 7) is 0. The first-order chi connectivity index (χ1) is 20.7. The Morgan fingerprint density at radius 2 is 1.18 bits per heavy atom. The lowest BCUT2D eigenvalue weighted by molar-refractivity contribution is -0.0189. The van der Waals surface area contributed by atoms with Gasteiger partial charge in [-0.25, -0.2) is 9.59 Å². The van der Waals surface area contributed by atoms with E-state index in [2.05, 4.69) is 0 Å². The lowest BCUT2D eigenvalue weighted by Gasteiger charge is -2.34. The number of hydrogen-bond acceptors (Lipinski definition) is 14. The van der Waals surface area contributed by atoms with Gasteiger partial charge in [-0.15, -0.1) is 0 Å². The molecule has 15 nitrogen and oxygen atoms in total. The number of carboxylic acid groups (broad SMARTS) is 1. The number of rotatable bonds is 4. The number of ether oxygens (including phenoxy) is 2. The molecule has 0 amide bonds. The van der Waals surface area contributed by atoms with Crippen molar-refractivity contribution in [2.75, 3.05) is 0 Å². The highest BCUT2D eigenvalue weighted by Crippen LogP contribution is 2.44. The van der Waals surface area contributed by atoms with Gasteiger partial charge in [0.25, 0.3) is 0 Å². The fourth-order valence-corrected chi connectivity index (χ4v) is 4.21. The molecule has 5 rings (SSSR count). The van der Waals surface area contributed by atoms with Crippen molar-refractivity contribution in [2.45, 2.75) is 18.6 Å². The number of phenolic OH excluding ortho intramolecular Hbond substituents is 10. The Morgan fingerprint density at radius 3 is 1.70 bits per heavy atom. The van der Waals surface area contributed by atoms with E-state index < -0.39 is 64.4 Å². The first-order valence-corrected chi connectivity index (χ1v) is 12.3. The van der Waals surface area contributed by atoms with Crippen LogP contribution in [0.25, 0.3) is 0 Å². The molecule has 1 heterocycles. The van der Waals surface area contributed by atoms with Gasteiger partial charge in [0.15, 0.2) is 52.1 Å². The van der Waals surface area contributed by atoms with E-state index in [0.717, 1.165) is 30.3 Å². The van der Waals surface area contributed by atoms with Crippen LogP contribution in [-0.4, -0.2) is 74.2 Å².